The van der Waals surface area contributed by atoms with Crippen LogP contribution in [0.3, 0.4) is 0 Å². The van der Waals surface area contributed by atoms with E-state index in [4.69, 9.17) is 0 Å². The molecule has 1 spiro atoms. The minimum absolute atomic E-state index is 0.165. The molecule has 5 aromatic rings. The van der Waals surface area contributed by atoms with Crippen molar-refractivity contribution in [3.05, 3.63) is 96.3 Å². The van der Waals surface area contributed by atoms with E-state index in [1.165, 1.54) is 27.6 Å². The third-order valence-corrected chi connectivity index (χ3v) is 8.19. The summed E-state index contributed by atoms with van der Waals surface area (Å²) in [6.07, 6.45) is 5.74. The SMILES string of the molecule is CN1CCC2(CC1)C(=O)Nc1ccc(-c3ccc4ccn(Cc5ccc6ncccc6c5)c4c3)cc12. The quantitative estimate of drug-likeness (QED) is 0.360. The molecule has 0 saturated carbocycles. The topological polar surface area (TPSA) is 50.2 Å². The van der Waals surface area contributed by atoms with Crippen LogP contribution in [-0.4, -0.2) is 40.5 Å². The maximum absolute atomic E-state index is 13.1. The van der Waals surface area contributed by atoms with Gasteiger partial charge in [0.1, 0.15) is 0 Å². The Balaban J connectivity index is 1.25. The van der Waals surface area contributed by atoms with Gasteiger partial charge < -0.3 is 14.8 Å². The Kier molecular flexibility index (Phi) is 4.76. The Morgan fingerprint density at radius 1 is 0.917 bits per heavy atom. The van der Waals surface area contributed by atoms with Crippen LogP contribution >= 0.6 is 0 Å². The smallest absolute Gasteiger partial charge is 0.235 e. The molecule has 1 fully saturated rings. The van der Waals surface area contributed by atoms with Crippen LogP contribution in [-0.2, 0) is 16.8 Å². The number of amides is 1. The fourth-order valence-corrected chi connectivity index (χ4v) is 6.01. The van der Waals surface area contributed by atoms with Gasteiger partial charge in [0.2, 0.25) is 5.91 Å². The molecular formula is C31H28N4O. The van der Waals surface area contributed by atoms with Crippen molar-refractivity contribution in [1.82, 2.24) is 14.5 Å². The summed E-state index contributed by atoms with van der Waals surface area (Å²) in [6.45, 7) is 2.69. The summed E-state index contributed by atoms with van der Waals surface area (Å²) in [5.41, 5.74) is 7.57. The highest BCUT2D eigenvalue weighted by atomic mass is 16.2. The lowest BCUT2D eigenvalue weighted by Crippen LogP contribution is -2.45. The number of hydrogen-bond acceptors (Lipinski definition) is 3. The van der Waals surface area contributed by atoms with Crippen molar-refractivity contribution in [2.75, 3.05) is 25.5 Å². The summed E-state index contributed by atoms with van der Waals surface area (Å²) >= 11 is 0. The number of carbonyl (C=O) groups excluding carboxylic acids is 1. The lowest BCUT2D eigenvalue weighted by molar-refractivity contribution is -0.122. The Morgan fingerprint density at radius 3 is 2.64 bits per heavy atom. The molecule has 0 bridgehead atoms. The lowest BCUT2D eigenvalue weighted by Gasteiger charge is -2.36. The number of anilines is 1. The van der Waals surface area contributed by atoms with Gasteiger partial charge in [-0.25, -0.2) is 0 Å². The van der Waals surface area contributed by atoms with Crippen LogP contribution in [0.25, 0.3) is 32.9 Å². The lowest BCUT2D eigenvalue weighted by atomic mass is 9.73. The number of hydrogen-bond donors (Lipinski definition) is 1. The van der Waals surface area contributed by atoms with E-state index >= 15 is 0 Å². The van der Waals surface area contributed by atoms with E-state index < -0.39 is 5.41 Å². The fraction of sp³-hybridized carbons (Fsp3) is 0.226. The third kappa shape index (κ3) is 3.34. The molecule has 7 rings (SSSR count). The van der Waals surface area contributed by atoms with Gasteiger partial charge in [0, 0.05) is 35.5 Å². The number of piperidine rings is 1. The molecule has 4 heterocycles. The van der Waals surface area contributed by atoms with Crippen molar-refractivity contribution in [3.8, 4) is 11.1 Å². The highest BCUT2D eigenvalue weighted by molar-refractivity contribution is 6.07. The molecule has 0 aliphatic carbocycles. The molecule has 1 amide bonds. The molecular weight excluding hydrogens is 444 g/mol. The average molecular weight is 473 g/mol. The molecule has 2 aromatic heterocycles. The molecule has 1 N–H and O–H groups in total. The van der Waals surface area contributed by atoms with E-state index in [1.807, 2.05) is 12.3 Å². The van der Waals surface area contributed by atoms with Gasteiger partial charge in [-0.05, 0) is 103 Å². The van der Waals surface area contributed by atoms with Crippen LogP contribution in [0.1, 0.15) is 24.0 Å². The minimum atomic E-state index is -0.396. The zero-order valence-electron chi connectivity index (χ0n) is 20.4. The standard InChI is InChI=1S/C31H28N4O/c1-34-15-11-31(12-16-34)26-18-23(7-9-28(26)33-30(31)36)24-6-5-22-10-14-35(29(22)19-24)20-21-4-8-27-25(17-21)3-2-13-32-27/h2-10,13-14,17-19H,11-12,15-16,20H2,1H3,(H,33,36). The largest absolute Gasteiger partial charge is 0.343 e. The summed E-state index contributed by atoms with van der Waals surface area (Å²) in [4.78, 5) is 19.8. The summed E-state index contributed by atoms with van der Waals surface area (Å²) in [5, 5.41) is 5.55. The summed E-state index contributed by atoms with van der Waals surface area (Å²) in [6, 6.07) is 25.9. The van der Waals surface area contributed by atoms with Gasteiger partial charge in [-0.2, -0.15) is 0 Å². The van der Waals surface area contributed by atoms with Gasteiger partial charge in [-0.3, -0.25) is 9.78 Å². The van der Waals surface area contributed by atoms with Crippen molar-refractivity contribution in [2.45, 2.75) is 24.8 Å². The molecule has 0 atom stereocenters. The predicted molar refractivity (Wildman–Crippen MR) is 145 cm³/mol. The van der Waals surface area contributed by atoms with Crippen molar-refractivity contribution in [3.63, 3.8) is 0 Å². The van der Waals surface area contributed by atoms with Gasteiger partial charge >= 0.3 is 0 Å². The molecule has 5 nitrogen and oxygen atoms in total. The first-order valence-corrected chi connectivity index (χ1v) is 12.7. The predicted octanol–water partition coefficient (Wildman–Crippen LogP) is 5.82. The van der Waals surface area contributed by atoms with E-state index in [0.29, 0.717) is 0 Å². The van der Waals surface area contributed by atoms with Crippen molar-refractivity contribution in [1.29, 1.82) is 0 Å². The van der Waals surface area contributed by atoms with Gasteiger partial charge in [-0.15, -0.1) is 0 Å². The number of carbonyl (C=O) groups is 1. The first-order chi connectivity index (χ1) is 17.6. The Bertz CT molecular complexity index is 1640. The summed E-state index contributed by atoms with van der Waals surface area (Å²) < 4.78 is 2.31. The molecule has 0 radical (unpaired) electrons. The normalized spacial score (nSPS) is 17.1. The second kappa shape index (κ2) is 8.04. The minimum Gasteiger partial charge on any atom is -0.343 e. The number of rotatable bonds is 3. The Morgan fingerprint density at radius 2 is 1.75 bits per heavy atom. The maximum Gasteiger partial charge on any atom is 0.235 e. The summed E-state index contributed by atoms with van der Waals surface area (Å²) in [5.74, 6) is 0.165. The second-order valence-corrected chi connectivity index (χ2v) is 10.3. The van der Waals surface area contributed by atoms with E-state index in [0.717, 1.165) is 54.6 Å². The molecule has 2 aliphatic heterocycles. The Hall–Kier alpha value is -3.96. The van der Waals surface area contributed by atoms with Crippen LogP contribution in [0.15, 0.2) is 85.2 Å². The number of nitrogens with one attached hydrogen (secondary N) is 1. The number of aromatic nitrogens is 2. The van der Waals surface area contributed by atoms with E-state index in [2.05, 4.69) is 99.7 Å². The number of likely N-dealkylation sites (tertiary alicyclic amines) is 1. The first-order valence-electron chi connectivity index (χ1n) is 12.7. The molecule has 5 heteroatoms. The molecule has 3 aromatic carbocycles. The summed E-state index contributed by atoms with van der Waals surface area (Å²) in [7, 11) is 2.14. The average Bonchev–Trinajstić information content (AvgIpc) is 3.43. The molecule has 2 aliphatic rings. The number of fused-ring (bicyclic) bond motifs is 4. The number of benzene rings is 3. The Labute approximate surface area is 210 Å². The van der Waals surface area contributed by atoms with Crippen molar-refractivity contribution < 1.29 is 4.79 Å². The van der Waals surface area contributed by atoms with E-state index in [9.17, 15) is 4.79 Å². The van der Waals surface area contributed by atoms with E-state index in [-0.39, 0.29) is 5.91 Å². The number of pyridine rings is 1. The highest BCUT2D eigenvalue weighted by Gasteiger charge is 2.48. The van der Waals surface area contributed by atoms with Crippen molar-refractivity contribution >= 4 is 33.4 Å². The number of nitrogens with zero attached hydrogens (tertiary/aromatic N) is 3. The van der Waals surface area contributed by atoms with Crippen LogP contribution in [0.4, 0.5) is 5.69 Å². The monoisotopic (exact) mass is 472 g/mol. The van der Waals surface area contributed by atoms with Crippen LogP contribution in [0.5, 0.6) is 0 Å². The van der Waals surface area contributed by atoms with Gasteiger partial charge in [0.15, 0.2) is 0 Å². The van der Waals surface area contributed by atoms with Gasteiger partial charge in [-0.1, -0.05) is 30.3 Å². The molecule has 36 heavy (non-hydrogen) atoms. The molecule has 0 unspecified atom stereocenters. The molecule has 178 valence electrons. The van der Waals surface area contributed by atoms with Crippen LogP contribution < -0.4 is 5.32 Å². The zero-order valence-corrected chi connectivity index (χ0v) is 20.4. The first kappa shape index (κ1) is 21.3. The maximum atomic E-state index is 13.1. The van der Waals surface area contributed by atoms with Gasteiger partial charge in [0.05, 0.1) is 10.9 Å². The third-order valence-electron chi connectivity index (χ3n) is 8.19. The molecule has 1 saturated heterocycles. The van der Waals surface area contributed by atoms with Crippen LogP contribution in [0, 0.1) is 0 Å². The zero-order chi connectivity index (χ0) is 24.3. The van der Waals surface area contributed by atoms with Crippen molar-refractivity contribution in [2.24, 2.45) is 0 Å². The van der Waals surface area contributed by atoms with Gasteiger partial charge in [0.25, 0.3) is 0 Å². The van der Waals surface area contributed by atoms with E-state index in [1.54, 1.807) is 0 Å². The fourth-order valence-electron chi connectivity index (χ4n) is 6.01. The highest BCUT2D eigenvalue weighted by Crippen LogP contribution is 2.46. The second-order valence-electron chi connectivity index (χ2n) is 10.3. The van der Waals surface area contributed by atoms with Crippen LogP contribution in [0.2, 0.25) is 0 Å².